The van der Waals surface area contributed by atoms with Gasteiger partial charge < -0.3 is 20.3 Å². The van der Waals surface area contributed by atoms with Crippen molar-refractivity contribution < 1.29 is 14.7 Å². The Hall–Kier alpha value is -3.35. The van der Waals surface area contributed by atoms with Crippen LogP contribution in [0.15, 0.2) is 48.8 Å². The topological polar surface area (TPSA) is 98.3 Å². The predicted octanol–water partition coefficient (Wildman–Crippen LogP) is 2.30. The second-order valence-corrected chi connectivity index (χ2v) is 6.72. The van der Waals surface area contributed by atoms with Crippen molar-refractivity contribution in [2.75, 3.05) is 13.1 Å². The monoisotopic (exact) mass is 364 g/mol. The number of rotatable bonds is 3. The van der Waals surface area contributed by atoms with Crippen LogP contribution in [-0.4, -0.2) is 50.9 Å². The summed E-state index contributed by atoms with van der Waals surface area (Å²) in [4.78, 5) is 33.9. The summed E-state index contributed by atoms with van der Waals surface area (Å²) >= 11 is 0. The van der Waals surface area contributed by atoms with Crippen LogP contribution >= 0.6 is 0 Å². The van der Waals surface area contributed by atoms with E-state index in [4.69, 9.17) is 0 Å². The van der Waals surface area contributed by atoms with Gasteiger partial charge in [0, 0.05) is 30.3 Å². The second-order valence-electron chi connectivity index (χ2n) is 6.72. The Morgan fingerprint density at radius 1 is 1.11 bits per heavy atom. The molecule has 3 aromatic rings. The second kappa shape index (κ2) is 7.11. The molecule has 2 amide bonds. The van der Waals surface area contributed by atoms with Crippen molar-refractivity contribution in [2.24, 2.45) is 0 Å². The van der Waals surface area contributed by atoms with E-state index in [0.717, 1.165) is 11.0 Å². The number of aromatic hydroxyl groups is 1. The van der Waals surface area contributed by atoms with E-state index in [1.54, 1.807) is 41.6 Å². The standard InChI is InChI=1S/C20H20N4O3/c25-16-3-1-2-14(10-16)20(27)24-8-6-15(7-9-24)23-19(26)13-4-5-17-18(11-13)22-12-21-17/h1-5,10-12,15,25H,6-9H2,(H,21,22)(H,23,26). The molecule has 3 N–H and O–H groups in total. The number of H-pyrrole nitrogens is 1. The third-order valence-electron chi connectivity index (χ3n) is 4.89. The van der Waals surface area contributed by atoms with Crippen LogP contribution in [0.5, 0.6) is 5.75 Å². The van der Waals surface area contributed by atoms with Gasteiger partial charge in [0.2, 0.25) is 0 Å². The number of carbonyl (C=O) groups is 2. The molecule has 0 radical (unpaired) electrons. The number of piperidine rings is 1. The maximum absolute atomic E-state index is 12.5. The molecule has 7 nitrogen and oxygen atoms in total. The van der Waals surface area contributed by atoms with Gasteiger partial charge in [-0.2, -0.15) is 0 Å². The van der Waals surface area contributed by atoms with E-state index in [0.29, 0.717) is 37.1 Å². The molecule has 1 aliphatic heterocycles. The Kier molecular flexibility index (Phi) is 4.50. The van der Waals surface area contributed by atoms with Crippen LogP contribution < -0.4 is 5.32 Å². The van der Waals surface area contributed by atoms with Crippen molar-refractivity contribution in [3.8, 4) is 5.75 Å². The largest absolute Gasteiger partial charge is 0.508 e. The third kappa shape index (κ3) is 3.62. The van der Waals surface area contributed by atoms with Gasteiger partial charge in [0.1, 0.15) is 5.75 Å². The number of carbonyl (C=O) groups excluding carboxylic acids is 2. The molecule has 2 heterocycles. The first-order valence-electron chi connectivity index (χ1n) is 8.92. The first-order valence-corrected chi connectivity index (χ1v) is 8.92. The lowest BCUT2D eigenvalue weighted by atomic mass is 10.0. The van der Waals surface area contributed by atoms with Crippen molar-refractivity contribution in [1.82, 2.24) is 20.2 Å². The van der Waals surface area contributed by atoms with Crippen LogP contribution in [0.4, 0.5) is 0 Å². The number of aromatic amines is 1. The molecule has 0 saturated carbocycles. The molecule has 1 aliphatic rings. The Bertz CT molecular complexity index is 990. The summed E-state index contributed by atoms with van der Waals surface area (Å²) in [5.74, 6) is -0.137. The number of fused-ring (bicyclic) bond motifs is 1. The lowest BCUT2D eigenvalue weighted by molar-refractivity contribution is 0.0697. The Balaban J connectivity index is 1.35. The van der Waals surface area contributed by atoms with Gasteiger partial charge >= 0.3 is 0 Å². The number of nitrogens with zero attached hydrogens (tertiary/aromatic N) is 2. The summed E-state index contributed by atoms with van der Waals surface area (Å²) in [6.45, 7) is 1.14. The summed E-state index contributed by atoms with van der Waals surface area (Å²) in [5, 5.41) is 12.6. The predicted molar refractivity (Wildman–Crippen MR) is 101 cm³/mol. The first-order chi connectivity index (χ1) is 13.1. The molecule has 1 aromatic heterocycles. The van der Waals surface area contributed by atoms with Crippen LogP contribution in [0.2, 0.25) is 0 Å². The summed E-state index contributed by atoms with van der Waals surface area (Å²) in [6, 6.07) is 11.8. The number of likely N-dealkylation sites (tertiary alicyclic amines) is 1. The summed E-state index contributed by atoms with van der Waals surface area (Å²) in [5.41, 5.74) is 2.72. The average Bonchev–Trinajstić information content (AvgIpc) is 3.16. The number of hydrogen-bond acceptors (Lipinski definition) is 4. The molecule has 0 atom stereocenters. The molecule has 0 aliphatic carbocycles. The number of benzene rings is 2. The van der Waals surface area contributed by atoms with Gasteiger partial charge in [-0.1, -0.05) is 6.07 Å². The number of amides is 2. The highest BCUT2D eigenvalue weighted by Crippen LogP contribution is 2.18. The fraction of sp³-hybridized carbons (Fsp3) is 0.250. The van der Waals surface area contributed by atoms with Gasteiger partial charge in [0.15, 0.2) is 0 Å². The number of imidazole rings is 1. The fourth-order valence-electron chi connectivity index (χ4n) is 3.39. The lowest BCUT2D eigenvalue weighted by Gasteiger charge is -2.32. The van der Waals surface area contributed by atoms with E-state index in [9.17, 15) is 14.7 Å². The van der Waals surface area contributed by atoms with Gasteiger partial charge in [-0.05, 0) is 49.2 Å². The van der Waals surface area contributed by atoms with E-state index in [2.05, 4.69) is 15.3 Å². The molecule has 138 valence electrons. The molecule has 4 rings (SSSR count). The van der Waals surface area contributed by atoms with Gasteiger partial charge in [-0.15, -0.1) is 0 Å². The molecule has 7 heteroatoms. The molecule has 1 fully saturated rings. The van der Waals surface area contributed by atoms with Crippen molar-refractivity contribution in [1.29, 1.82) is 0 Å². The summed E-state index contributed by atoms with van der Waals surface area (Å²) in [7, 11) is 0. The number of aromatic nitrogens is 2. The van der Waals surface area contributed by atoms with Crippen LogP contribution in [0.3, 0.4) is 0 Å². The van der Waals surface area contributed by atoms with Crippen LogP contribution in [0, 0.1) is 0 Å². The number of phenolic OH excluding ortho intramolecular Hbond substituents is 1. The maximum Gasteiger partial charge on any atom is 0.253 e. The zero-order valence-electron chi connectivity index (χ0n) is 14.7. The van der Waals surface area contributed by atoms with E-state index < -0.39 is 0 Å². The van der Waals surface area contributed by atoms with Crippen molar-refractivity contribution >= 4 is 22.8 Å². The molecule has 1 saturated heterocycles. The highest BCUT2D eigenvalue weighted by atomic mass is 16.3. The zero-order valence-corrected chi connectivity index (χ0v) is 14.7. The highest BCUT2D eigenvalue weighted by Gasteiger charge is 2.25. The Morgan fingerprint density at radius 3 is 2.70 bits per heavy atom. The van der Waals surface area contributed by atoms with E-state index in [-0.39, 0.29) is 23.6 Å². The summed E-state index contributed by atoms with van der Waals surface area (Å²) < 4.78 is 0. The molecule has 2 aromatic carbocycles. The maximum atomic E-state index is 12.5. The minimum absolute atomic E-state index is 0.0307. The normalized spacial score (nSPS) is 15.0. The molecule has 0 unspecified atom stereocenters. The molecule has 0 spiro atoms. The first kappa shape index (κ1) is 17.1. The van der Waals surface area contributed by atoms with Gasteiger partial charge in [-0.25, -0.2) is 4.98 Å². The minimum Gasteiger partial charge on any atom is -0.508 e. The van der Waals surface area contributed by atoms with Crippen LogP contribution in [-0.2, 0) is 0 Å². The fourth-order valence-corrected chi connectivity index (χ4v) is 3.39. The lowest BCUT2D eigenvalue weighted by Crippen LogP contribution is -2.46. The van der Waals surface area contributed by atoms with Crippen molar-refractivity contribution in [3.63, 3.8) is 0 Å². The SMILES string of the molecule is O=C(NC1CCN(C(=O)c2cccc(O)c2)CC1)c1ccc2nc[nH]c2c1. The summed E-state index contributed by atoms with van der Waals surface area (Å²) in [6.07, 6.45) is 3.00. The quantitative estimate of drug-likeness (QED) is 0.664. The van der Waals surface area contributed by atoms with Crippen LogP contribution in [0.1, 0.15) is 33.6 Å². The van der Waals surface area contributed by atoms with Crippen LogP contribution in [0.25, 0.3) is 11.0 Å². The molecular formula is C20H20N4O3. The highest BCUT2D eigenvalue weighted by molar-refractivity contribution is 5.97. The van der Waals surface area contributed by atoms with Gasteiger partial charge in [-0.3, -0.25) is 9.59 Å². The average molecular weight is 364 g/mol. The Morgan fingerprint density at radius 2 is 1.93 bits per heavy atom. The van der Waals surface area contributed by atoms with Gasteiger partial charge in [0.25, 0.3) is 11.8 Å². The smallest absolute Gasteiger partial charge is 0.253 e. The molecular weight excluding hydrogens is 344 g/mol. The van der Waals surface area contributed by atoms with E-state index >= 15 is 0 Å². The minimum atomic E-state index is -0.121. The Labute approximate surface area is 156 Å². The van der Waals surface area contributed by atoms with E-state index in [1.165, 1.54) is 6.07 Å². The van der Waals surface area contributed by atoms with Crippen molar-refractivity contribution in [2.45, 2.75) is 18.9 Å². The van der Waals surface area contributed by atoms with Gasteiger partial charge in [0.05, 0.1) is 17.4 Å². The number of phenols is 1. The third-order valence-corrected chi connectivity index (χ3v) is 4.89. The molecule has 27 heavy (non-hydrogen) atoms. The zero-order chi connectivity index (χ0) is 18.8. The van der Waals surface area contributed by atoms with E-state index in [1.807, 2.05) is 6.07 Å². The van der Waals surface area contributed by atoms with Crippen molar-refractivity contribution in [3.05, 3.63) is 59.9 Å². The number of hydrogen-bond donors (Lipinski definition) is 3. The number of nitrogens with one attached hydrogen (secondary N) is 2. The molecule has 0 bridgehead atoms.